The molecule has 8 nitrogen and oxygen atoms in total. The smallest absolute Gasteiger partial charge is 0.364 e. The van der Waals surface area contributed by atoms with Gasteiger partial charge in [-0.2, -0.15) is 0 Å². The van der Waals surface area contributed by atoms with Gasteiger partial charge < -0.3 is 9.57 Å². The molecule has 0 aliphatic heterocycles. The summed E-state index contributed by atoms with van der Waals surface area (Å²) >= 11 is 0. The molecule has 0 atom stereocenters. The van der Waals surface area contributed by atoms with E-state index < -0.39 is 5.97 Å². The number of carbonyl (C=O) groups is 1. The number of hydrogen-bond donors (Lipinski definition) is 0. The van der Waals surface area contributed by atoms with Crippen molar-refractivity contribution in [3.05, 3.63) is 5.82 Å². The zero-order valence-electron chi connectivity index (χ0n) is 17.2. The van der Waals surface area contributed by atoms with E-state index in [4.69, 9.17) is 9.57 Å². The summed E-state index contributed by atoms with van der Waals surface area (Å²) in [4.78, 5) is 17.1. The standard InChI is InChI=1S/C19H35N5O3/c1-4-7-8-9-10-11-12-13-14-15-16-24-18(20-22-23-24)17(21-27-6-3)19(25)26-5-2/h4-16H2,1-3H3/b21-17+. The summed E-state index contributed by atoms with van der Waals surface area (Å²) in [5, 5.41) is 15.4. The summed E-state index contributed by atoms with van der Waals surface area (Å²) < 4.78 is 6.62. The van der Waals surface area contributed by atoms with Gasteiger partial charge >= 0.3 is 5.97 Å². The Labute approximate surface area is 162 Å². The Bertz CT molecular complexity index is 545. The van der Waals surface area contributed by atoms with Crippen molar-refractivity contribution in [2.75, 3.05) is 13.2 Å². The van der Waals surface area contributed by atoms with Gasteiger partial charge in [-0.3, -0.25) is 0 Å². The van der Waals surface area contributed by atoms with Gasteiger partial charge in [0.05, 0.1) is 6.61 Å². The first-order valence-corrected chi connectivity index (χ1v) is 10.4. The van der Waals surface area contributed by atoms with Crippen molar-refractivity contribution in [1.82, 2.24) is 20.2 Å². The molecule has 0 fully saturated rings. The molecule has 0 radical (unpaired) electrons. The third-order valence-electron chi connectivity index (χ3n) is 4.22. The fourth-order valence-corrected chi connectivity index (χ4v) is 2.77. The van der Waals surface area contributed by atoms with Crippen molar-refractivity contribution in [3.63, 3.8) is 0 Å². The third-order valence-corrected chi connectivity index (χ3v) is 4.22. The van der Waals surface area contributed by atoms with E-state index in [0.717, 1.165) is 12.8 Å². The van der Waals surface area contributed by atoms with E-state index in [1.54, 1.807) is 18.5 Å². The topological polar surface area (TPSA) is 91.5 Å². The highest BCUT2D eigenvalue weighted by molar-refractivity contribution is 6.42. The molecule has 0 saturated carbocycles. The third kappa shape index (κ3) is 9.49. The van der Waals surface area contributed by atoms with Crippen molar-refractivity contribution in [2.24, 2.45) is 5.16 Å². The van der Waals surface area contributed by atoms with Crippen molar-refractivity contribution in [3.8, 4) is 0 Å². The number of tetrazole rings is 1. The summed E-state index contributed by atoms with van der Waals surface area (Å²) in [6.45, 7) is 7.02. The average molecular weight is 382 g/mol. The number of carbonyl (C=O) groups excluding carboxylic acids is 1. The number of oxime groups is 1. The van der Waals surface area contributed by atoms with E-state index in [-0.39, 0.29) is 18.1 Å². The van der Waals surface area contributed by atoms with Gasteiger partial charge in [-0.05, 0) is 30.7 Å². The summed E-state index contributed by atoms with van der Waals surface area (Å²) in [6.07, 6.45) is 12.6. The van der Waals surface area contributed by atoms with Crippen molar-refractivity contribution < 1.29 is 14.4 Å². The van der Waals surface area contributed by atoms with Gasteiger partial charge in [-0.25, -0.2) is 9.48 Å². The molecule has 154 valence electrons. The van der Waals surface area contributed by atoms with E-state index >= 15 is 0 Å². The summed E-state index contributed by atoms with van der Waals surface area (Å²) in [5.41, 5.74) is 0.00998. The summed E-state index contributed by atoms with van der Waals surface area (Å²) in [6, 6.07) is 0. The highest BCUT2D eigenvalue weighted by Crippen LogP contribution is 2.11. The Morgan fingerprint density at radius 2 is 1.56 bits per heavy atom. The van der Waals surface area contributed by atoms with Gasteiger partial charge in [0.15, 0.2) is 0 Å². The molecule has 1 rings (SSSR count). The van der Waals surface area contributed by atoms with Crippen LogP contribution in [-0.2, 0) is 20.9 Å². The maximum Gasteiger partial charge on any atom is 0.364 e. The molecule has 0 aliphatic carbocycles. The van der Waals surface area contributed by atoms with Crippen molar-refractivity contribution >= 4 is 11.7 Å². The molecule has 0 aromatic carbocycles. The molecule has 1 aromatic heterocycles. The van der Waals surface area contributed by atoms with Gasteiger partial charge in [0.25, 0.3) is 0 Å². The number of hydrogen-bond acceptors (Lipinski definition) is 7. The van der Waals surface area contributed by atoms with E-state index in [0.29, 0.717) is 13.2 Å². The Hall–Kier alpha value is -1.99. The number of aromatic nitrogens is 4. The molecule has 27 heavy (non-hydrogen) atoms. The molecule has 8 heteroatoms. The van der Waals surface area contributed by atoms with E-state index in [1.165, 1.54) is 51.4 Å². The molecular formula is C19H35N5O3. The summed E-state index contributed by atoms with van der Waals surface area (Å²) in [7, 11) is 0. The Morgan fingerprint density at radius 1 is 0.926 bits per heavy atom. The number of unbranched alkanes of at least 4 members (excludes halogenated alkanes) is 9. The predicted molar refractivity (Wildman–Crippen MR) is 104 cm³/mol. The minimum Gasteiger partial charge on any atom is -0.461 e. The lowest BCUT2D eigenvalue weighted by atomic mass is 10.1. The van der Waals surface area contributed by atoms with Crippen LogP contribution in [0.4, 0.5) is 0 Å². The molecule has 0 unspecified atom stereocenters. The maximum atomic E-state index is 12.1. The molecular weight excluding hydrogens is 346 g/mol. The fourth-order valence-electron chi connectivity index (χ4n) is 2.77. The van der Waals surface area contributed by atoms with Crippen LogP contribution in [-0.4, -0.2) is 45.1 Å². The van der Waals surface area contributed by atoms with Crippen LogP contribution < -0.4 is 0 Å². The number of rotatable bonds is 16. The first-order valence-electron chi connectivity index (χ1n) is 10.4. The highest BCUT2D eigenvalue weighted by Gasteiger charge is 2.23. The maximum absolute atomic E-state index is 12.1. The van der Waals surface area contributed by atoms with Crippen LogP contribution in [0.1, 0.15) is 90.8 Å². The Kier molecular flexibility index (Phi) is 12.9. The van der Waals surface area contributed by atoms with Crippen LogP contribution >= 0.6 is 0 Å². The Morgan fingerprint density at radius 3 is 2.15 bits per heavy atom. The number of aryl methyl sites for hydroxylation is 1. The number of nitrogens with zero attached hydrogens (tertiary/aromatic N) is 5. The molecule has 1 aromatic rings. The zero-order chi connectivity index (χ0) is 19.7. The fraction of sp³-hybridized carbons (Fsp3) is 0.842. The number of esters is 1. The van der Waals surface area contributed by atoms with Crippen LogP contribution in [0.15, 0.2) is 5.16 Å². The van der Waals surface area contributed by atoms with Crippen molar-refractivity contribution in [1.29, 1.82) is 0 Å². The first-order chi connectivity index (χ1) is 13.2. The molecule has 0 saturated heterocycles. The zero-order valence-corrected chi connectivity index (χ0v) is 17.2. The van der Waals surface area contributed by atoms with E-state index in [1.807, 2.05) is 0 Å². The molecule has 0 bridgehead atoms. The second kappa shape index (κ2) is 15.1. The van der Waals surface area contributed by atoms with Crippen molar-refractivity contribution in [2.45, 2.75) is 91.5 Å². The second-order valence-electron chi connectivity index (χ2n) is 6.49. The largest absolute Gasteiger partial charge is 0.461 e. The van der Waals surface area contributed by atoms with Gasteiger partial charge in [0.2, 0.25) is 11.5 Å². The van der Waals surface area contributed by atoms with Crippen LogP contribution in [0.2, 0.25) is 0 Å². The predicted octanol–water partition coefficient (Wildman–Crippen LogP) is 3.90. The van der Waals surface area contributed by atoms with Crippen LogP contribution in [0.5, 0.6) is 0 Å². The van der Waals surface area contributed by atoms with E-state index in [2.05, 4.69) is 27.6 Å². The van der Waals surface area contributed by atoms with Crippen LogP contribution in [0, 0.1) is 0 Å². The monoisotopic (exact) mass is 381 g/mol. The van der Waals surface area contributed by atoms with Gasteiger partial charge in [-0.15, -0.1) is 5.10 Å². The van der Waals surface area contributed by atoms with Gasteiger partial charge in [-0.1, -0.05) is 69.9 Å². The first kappa shape index (κ1) is 23.0. The molecule has 1 heterocycles. The minimum absolute atomic E-state index is 0.00998. The Balaban J connectivity index is 2.38. The lowest BCUT2D eigenvalue weighted by Gasteiger charge is -2.07. The van der Waals surface area contributed by atoms with Crippen LogP contribution in [0.3, 0.4) is 0 Å². The summed E-state index contributed by atoms with van der Waals surface area (Å²) in [5.74, 6) is -0.289. The minimum atomic E-state index is -0.579. The molecule has 0 aliphatic rings. The quantitative estimate of drug-likeness (QED) is 0.187. The SMILES string of the molecule is CCCCCCCCCCCCn1nnnc1/C(=N\OCC)C(=O)OCC. The molecule has 0 amide bonds. The van der Waals surface area contributed by atoms with Crippen LogP contribution in [0.25, 0.3) is 0 Å². The highest BCUT2D eigenvalue weighted by atomic mass is 16.6. The second-order valence-corrected chi connectivity index (χ2v) is 6.49. The average Bonchev–Trinajstić information content (AvgIpc) is 3.12. The molecule has 0 spiro atoms. The number of ether oxygens (including phenoxy) is 1. The van der Waals surface area contributed by atoms with Gasteiger partial charge in [0.1, 0.15) is 6.61 Å². The molecule has 0 N–H and O–H groups in total. The normalized spacial score (nSPS) is 11.6. The lowest BCUT2D eigenvalue weighted by molar-refractivity contribution is -0.135. The van der Waals surface area contributed by atoms with E-state index in [9.17, 15) is 4.79 Å². The van der Waals surface area contributed by atoms with Gasteiger partial charge in [0, 0.05) is 6.54 Å². The lowest BCUT2D eigenvalue weighted by Crippen LogP contribution is -2.24.